The van der Waals surface area contributed by atoms with Crippen LogP contribution in [0.1, 0.15) is 71.6 Å². The van der Waals surface area contributed by atoms with Crippen LogP contribution in [0, 0.1) is 91.6 Å². The van der Waals surface area contributed by atoms with Crippen molar-refractivity contribution in [2.45, 2.75) is 150 Å². The van der Waals surface area contributed by atoms with E-state index in [2.05, 4.69) is 295 Å². The molecular formula is C63H84Br2Cl2I3NaO9Si4. The summed E-state index contributed by atoms with van der Waals surface area (Å²) in [6, 6.07) is 27.4. The van der Waals surface area contributed by atoms with E-state index in [0.29, 0.717) is 18.8 Å². The maximum absolute atomic E-state index is 10.8. The zero-order chi connectivity index (χ0) is 63.1. The van der Waals surface area contributed by atoms with E-state index in [1.165, 1.54) is 57.9 Å². The van der Waals surface area contributed by atoms with Crippen LogP contribution in [-0.2, 0) is 28.7 Å². The Kier molecular flexibility index (Phi) is 48.8. The first-order valence-corrected chi connectivity index (χ1v) is 50.9. The first-order chi connectivity index (χ1) is 37.4. The predicted octanol–water partition coefficient (Wildman–Crippen LogP) is 16.7. The van der Waals surface area contributed by atoms with Crippen LogP contribution in [-0.4, -0.2) is 77.8 Å². The number of hydrogen-bond donors (Lipinski definition) is 2. The molecule has 0 aromatic heterocycles. The summed E-state index contributed by atoms with van der Waals surface area (Å²) in [6.07, 6.45) is 24.9. The molecule has 0 radical (unpaired) electrons. The van der Waals surface area contributed by atoms with Crippen molar-refractivity contribution >= 4 is 190 Å². The number of fused-ring (bicyclic) bond motifs is 2. The number of carboxylic acid groups (broad SMARTS) is 2. The van der Waals surface area contributed by atoms with Crippen LogP contribution in [0.15, 0.2) is 87.8 Å². The topological polar surface area (TPSA) is 165 Å². The first-order valence-electron chi connectivity index (χ1n) is 25.9. The number of carboxylic acids is 2. The smallest absolute Gasteiger partial charge is 0.870 e. The van der Waals surface area contributed by atoms with E-state index in [1.807, 2.05) is 0 Å². The molecule has 5 saturated carbocycles. The summed E-state index contributed by atoms with van der Waals surface area (Å²) >= 11 is 24.8. The van der Waals surface area contributed by atoms with Crippen LogP contribution >= 0.6 is 114 Å². The second-order valence-electron chi connectivity index (χ2n) is 23.2. The van der Waals surface area contributed by atoms with Gasteiger partial charge in [0.1, 0.15) is 47.2 Å². The second kappa shape index (κ2) is 44.9. The average Bonchev–Trinajstić information content (AvgIpc) is 4.14. The molecule has 4 aromatic rings. The van der Waals surface area contributed by atoms with Crippen molar-refractivity contribution in [3.05, 3.63) is 91.4 Å². The standard InChI is InChI=1S/C10H6BrI.C10H7Br.C9H14O2Si.C8H14Si.C7H8O2.C6H6O2.C5H6.2C3H9ClSi.CO2.CH4.I2.Na.H2O/c11-9-3-1-8-6-10(12)4-2-7(8)5-9;11-10-6-5-8-3-1-2-4-9(8)7-10;1-12(2,3)7-6-9(4-5-9)8(10)11;1-9(2,3)7-6-8-4-5-8;1-3-7(4-5-7)6(8)9-2;1-2-6(3-4-6)5(7)8;1-2-5-3-4-5;2*1-5(2,3)4;2-1-3;;1-2;;/h1-6H;1-7H;4-5H2,1-3H3,(H,10,11);8H,4-5H2,1-3H3;1H,4-5H2,2H3;1H,3-4H2,(H,7,8);1,5H,3-4H2;2*1-3H3;;1H4;;;1H2/q;;;;;;;;;;;;+1;/p-1. The number of carbonyl (C=O) groups is 3. The van der Waals surface area contributed by atoms with Gasteiger partial charge in [0, 0.05) is 61.6 Å². The van der Waals surface area contributed by atoms with Gasteiger partial charge in [-0.2, -0.15) is 31.7 Å². The number of terminal acetylenes is 3. The van der Waals surface area contributed by atoms with Crippen molar-refractivity contribution in [2.24, 2.45) is 28.1 Å². The second-order valence-corrected chi connectivity index (χ2v) is 50.9. The van der Waals surface area contributed by atoms with Crippen LogP contribution in [0.3, 0.4) is 0 Å². The molecule has 0 heterocycles. The van der Waals surface area contributed by atoms with E-state index >= 15 is 0 Å². The van der Waals surface area contributed by atoms with Crippen molar-refractivity contribution in [1.29, 1.82) is 0 Å². The van der Waals surface area contributed by atoms with E-state index < -0.39 is 59.1 Å². The Morgan fingerprint density at radius 1 is 0.595 bits per heavy atom. The molecule has 3 N–H and O–H groups in total. The van der Waals surface area contributed by atoms with Crippen LogP contribution in [0.25, 0.3) is 21.5 Å². The molecule has 5 fully saturated rings. The zero-order valence-electron chi connectivity index (χ0n) is 50.4. The zero-order valence-corrected chi connectivity index (χ0v) is 67.6. The molecule has 21 heteroatoms. The fourth-order valence-corrected chi connectivity index (χ4v) is 7.77. The number of aliphatic carboxylic acids is 2. The minimum absolute atomic E-state index is 0. The summed E-state index contributed by atoms with van der Waals surface area (Å²) in [5, 5.41) is 22.3. The Hall–Kier alpha value is -1.45. The quantitative estimate of drug-likeness (QED) is 0.0668. The fourth-order valence-electron chi connectivity index (χ4n) is 5.24. The molecule has 9 rings (SSSR count). The van der Waals surface area contributed by atoms with Crippen molar-refractivity contribution in [3.8, 4) is 60.0 Å². The molecule has 0 bridgehead atoms. The van der Waals surface area contributed by atoms with Crippen molar-refractivity contribution in [3.63, 3.8) is 0 Å². The van der Waals surface area contributed by atoms with Gasteiger partial charge in [0.2, 0.25) is 0 Å². The van der Waals surface area contributed by atoms with Crippen LogP contribution in [0.5, 0.6) is 0 Å². The van der Waals surface area contributed by atoms with Crippen LogP contribution < -0.4 is 29.6 Å². The molecule has 4 aromatic carbocycles. The van der Waals surface area contributed by atoms with Gasteiger partial charge in [0.05, 0.1) is 7.11 Å². The number of esters is 1. The van der Waals surface area contributed by atoms with E-state index in [4.69, 9.17) is 61.2 Å². The number of hydrogen-bond acceptors (Lipinski definition) is 7. The van der Waals surface area contributed by atoms with Crippen molar-refractivity contribution in [2.75, 3.05) is 7.11 Å². The van der Waals surface area contributed by atoms with Gasteiger partial charge in [0.25, 0.3) is 0 Å². The molecular weight excluding hydrogens is 1650 g/mol. The Balaban J connectivity index is -0.000000279. The number of methoxy groups -OCH3 is 1. The molecule has 0 aliphatic heterocycles. The maximum atomic E-state index is 10.8. The van der Waals surface area contributed by atoms with E-state index in [9.17, 15) is 14.4 Å². The fraction of sp³-hybridized carbons (Fsp3) is 0.460. The average molecular weight is 1730 g/mol. The summed E-state index contributed by atoms with van der Waals surface area (Å²) in [5.41, 5.74) is 4.54. The normalized spacial score (nSPS) is 14.6. The minimum Gasteiger partial charge on any atom is -0.870 e. The molecule has 5 aliphatic carbocycles. The van der Waals surface area contributed by atoms with E-state index in [-0.39, 0.29) is 54.6 Å². The number of halogens is 7. The molecule has 0 saturated heterocycles. The van der Waals surface area contributed by atoms with E-state index in [1.54, 1.807) is 0 Å². The van der Waals surface area contributed by atoms with Gasteiger partial charge >= 0.3 is 53.6 Å². The van der Waals surface area contributed by atoms with Crippen molar-refractivity contribution < 1.29 is 74.0 Å². The number of benzene rings is 4. The summed E-state index contributed by atoms with van der Waals surface area (Å²) in [4.78, 5) is 47.9. The molecule has 0 unspecified atom stereocenters. The Bertz CT molecular complexity index is 2880. The molecule has 0 spiro atoms. The van der Waals surface area contributed by atoms with Crippen molar-refractivity contribution in [1.82, 2.24) is 0 Å². The Morgan fingerprint density at radius 2 is 0.929 bits per heavy atom. The van der Waals surface area contributed by atoms with Gasteiger partial charge in [-0.1, -0.05) is 178 Å². The molecule has 84 heavy (non-hydrogen) atoms. The van der Waals surface area contributed by atoms with E-state index in [0.717, 1.165) is 40.5 Å². The SMILES string of the molecule is Brc1ccc2cc(I)ccc2c1.Brc1ccc2ccccc2c1.C.C#CC1(C(=O)O)CC1.C#CC1(C(=O)OC)CC1.C#CC1CC1.C[Si](C)(C)C#CC1(C(=O)O)CC1.C[Si](C)(C)C#CC1CC1.C[Si](C)(C)Cl.C[Si](C)(C)Cl.II.O=C=O.[Na+].[OH-]. The number of carbonyl (C=O) groups excluding carboxylic acids is 3. The molecule has 0 amide bonds. The van der Waals surface area contributed by atoms with Gasteiger partial charge in [-0.15, -0.1) is 42.2 Å². The predicted molar refractivity (Wildman–Crippen MR) is 393 cm³/mol. The summed E-state index contributed by atoms with van der Waals surface area (Å²) < 4.78 is 8.04. The minimum atomic E-state index is -1.40. The molecule has 456 valence electrons. The van der Waals surface area contributed by atoms with Gasteiger partial charge in [-0.05, 0) is 145 Å². The molecule has 9 nitrogen and oxygen atoms in total. The monoisotopic (exact) mass is 1730 g/mol. The third-order valence-electron chi connectivity index (χ3n) is 10.4. The third kappa shape index (κ3) is 48.5. The van der Waals surface area contributed by atoms with Crippen LogP contribution in [0.2, 0.25) is 78.6 Å². The van der Waals surface area contributed by atoms with Gasteiger partial charge < -0.3 is 20.4 Å². The first kappa shape index (κ1) is 91.3. The summed E-state index contributed by atoms with van der Waals surface area (Å²) in [7, 11) is -3.36. The van der Waals surface area contributed by atoms with Crippen LogP contribution in [0.4, 0.5) is 0 Å². The molecule has 5 aliphatic rings. The number of ether oxygens (including phenoxy) is 1. The number of rotatable bonds is 3. The van der Waals surface area contributed by atoms with Gasteiger partial charge in [0.15, 0.2) is 0 Å². The third-order valence-corrected chi connectivity index (χ3v) is 13.8. The summed E-state index contributed by atoms with van der Waals surface area (Å²) in [6.45, 7) is 25.8. The maximum Gasteiger partial charge on any atom is 1.00 e. The van der Waals surface area contributed by atoms with Gasteiger partial charge in [-0.25, -0.2) is 0 Å². The summed E-state index contributed by atoms with van der Waals surface area (Å²) in [5.74, 6) is 13.2. The largest absolute Gasteiger partial charge is 1.00 e. The molecule has 0 atom stereocenters. The van der Waals surface area contributed by atoms with Gasteiger partial charge in [-0.3, -0.25) is 14.4 Å². The Morgan fingerprint density at radius 3 is 1.20 bits per heavy atom. The Labute approximate surface area is 593 Å².